The fraction of sp³-hybridized carbons (Fsp3) is 0.514. The normalized spacial score (nSPS) is 20.4. The summed E-state index contributed by atoms with van der Waals surface area (Å²) in [5, 5.41) is 14.5. The number of hydrogen-bond donors (Lipinski definition) is 4. The summed E-state index contributed by atoms with van der Waals surface area (Å²) in [5.41, 5.74) is 2.89. The summed E-state index contributed by atoms with van der Waals surface area (Å²) in [6.07, 6.45) is 5.09. The Morgan fingerprint density at radius 2 is 1.74 bits per heavy atom. The Labute approximate surface area is 312 Å². The lowest BCUT2D eigenvalue weighted by Gasteiger charge is -2.31. The van der Waals surface area contributed by atoms with Gasteiger partial charge >= 0.3 is 12.1 Å². The van der Waals surface area contributed by atoms with Crippen LogP contribution in [0.1, 0.15) is 58.1 Å². The van der Waals surface area contributed by atoms with Crippen molar-refractivity contribution in [3.05, 3.63) is 59.2 Å². The molecule has 286 valence electrons. The van der Waals surface area contributed by atoms with Crippen LogP contribution in [0, 0.1) is 11.8 Å². The van der Waals surface area contributed by atoms with Gasteiger partial charge in [0.25, 0.3) is 17.6 Å². The van der Waals surface area contributed by atoms with Gasteiger partial charge in [-0.25, -0.2) is 4.79 Å². The molecule has 4 rings (SSSR count). The Bertz CT molecular complexity index is 1680. The smallest absolute Gasteiger partial charge is 0.410 e. The molecular weight excluding hydrogens is 706 g/mol. The van der Waals surface area contributed by atoms with E-state index in [1.807, 2.05) is 48.7 Å². The molecule has 5 amide bonds. The second-order valence-electron chi connectivity index (χ2n) is 13.6. The molecule has 16 heteroatoms. The van der Waals surface area contributed by atoms with Crippen molar-refractivity contribution in [3.8, 4) is 0 Å². The van der Waals surface area contributed by atoms with Crippen LogP contribution < -0.4 is 16.0 Å². The zero-order chi connectivity index (χ0) is 38.8. The fourth-order valence-corrected chi connectivity index (χ4v) is 7.17. The van der Waals surface area contributed by atoms with E-state index in [1.165, 1.54) is 4.90 Å². The first-order valence-electron chi connectivity index (χ1n) is 17.7. The Kier molecular flexibility index (Phi) is 14.4. The molecule has 2 aliphatic heterocycles. The van der Waals surface area contributed by atoms with Gasteiger partial charge in [0.15, 0.2) is 0 Å². The van der Waals surface area contributed by atoms with Crippen molar-refractivity contribution in [2.24, 2.45) is 11.8 Å². The van der Waals surface area contributed by atoms with Crippen LogP contribution in [0.25, 0.3) is 0 Å². The fourth-order valence-electron chi connectivity index (χ4n) is 6.38. The lowest BCUT2D eigenvalue weighted by atomic mass is 9.89. The Morgan fingerprint density at radius 3 is 2.40 bits per heavy atom. The molecule has 0 aromatic heterocycles. The Balaban J connectivity index is 1.53. The van der Waals surface area contributed by atoms with Gasteiger partial charge in [0.1, 0.15) is 30.1 Å². The van der Waals surface area contributed by atoms with Crippen LogP contribution in [0.2, 0.25) is 0 Å². The number of aliphatic carboxylic acids is 1. The van der Waals surface area contributed by atoms with Gasteiger partial charge in [0.05, 0.1) is 6.54 Å². The number of carboxylic acids is 1. The highest BCUT2D eigenvalue weighted by atomic mass is 32.2. The molecule has 53 heavy (non-hydrogen) atoms. The van der Waals surface area contributed by atoms with Gasteiger partial charge in [-0.15, -0.1) is 11.8 Å². The molecule has 5 atom stereocenters. The summed E-state index contributed by atoms with van der Waals surface area (Å²) in [5.74, 6) is -7.05. The first kappa shape index (κ1) is 40.8. The number of hydrogen-bond acceptors (Lipinski definition) is 10. The van der Waals surface area contributed by atoms with E-state index in [1.54, 1.807) is 26.8 Å². The molecule has 1 fully saturated rings. The summed E-state index contributed by atoms with van der Waals surface area (Å²) >= 11 is 0.917. The van der Waals surface area contributed by atoms with Crippen molar-refractivity contribution in [2.75, 3.05) is 25.4 Å². The molecule has 3 aliphatic rings. The van der Waals surface area contributed by atoms with Gasteiger partial charge < -0.3 is 35.6 Å². The van der Waals surface area contributed by atoms with Crippen LogP contribution in [0.15, 0.2) is 48.1 Å². The molecule has 4 N–H and O–H groups in total. The van der Waals surface area contributed by atoms with Gasteiger partial charge in [0.2, 0.25) is 17.6 Å². The van der Waals surface area contributed by atoms with Crippen LogP contribution in [0.4, 0.5) is 4.79 Å². The molecule has 0 bridgehead atoms. The SMILES string of the molecule is CCSC(NC(=O)[C@@H]1C[C@@H](OC(=O)N2CCc3ccccc3C2)CN1C(=O)[C@@H](NC(=O)C(=O)CC1=CC=CCC1C)C(C)C)C(=O)C(=O)NCC(=O)O. The minimum Gasteiger partial charge on any atom is -0.480 e. The highest BCUT2D eigenvalue weighted by Gasteiger charge is 2.46. The van der Waals surface area contributed by atoms with E-state index in [4.69, 9.17) is 9.84 Å². The van der Waals surface area contributed by atoms with Gasteiger partial charge in [-0.1, -0.05) is 75.8 Å². The maximum Gasteiger partial charge on any atom is 0.410 e. The van der Waals surface area contributed by atoms with Gasteiger partial charge in [0, 0.05) is 25.9 Å². The maximum atomic E-state index is 14.2. The van der Waals surface area contributed by atoms with Crippen molar-refractivity contribution < 1.29 is 48.2 Å². The zero-order valence-electron chi connectivity index (χ0n) is 30.3. The third kappa shape index (κ3) is 10.8. The van der Waals surface area contributed by atoms with Crippen molar-refractivity contribution in [1.29, 1.82) is 0 Å². The predicted molar refractivity (Wildman–Crippen MR) is 194 cm³/mol. The largest absolute Gasteiger partial charge is 0.480 e. The Morgan fingerprint density at radius 1 is 1.02 bits per heavy atom. The van der Waals surface area contributed by atoms with Crippen molar-refractivity contribution in [2.45, 2.75) is 83.5 Å². The van der Waals surface area contributed by atoms with E-state index in [9.17, 15) is 38.4 Å². The van der Waals surface area contributed by atoms with Gasteiger partial charge in [-0.05, 0) is 41.6 Å². The minimum atomic E-state index is -1.42. The summed E-state index contributed by atoms with van der Waals surface area (Å²) < 4.78 is 5.84. The summed E-state index contributed by atoms with van der Waals surface area (Å²) in [7, 11) is 0. The molecule has 2 heterocycles. The lowest BCUT2D eigenvalue weighted by Crippen LogP contribution is -2.57. The van der Waals surface area contributed by atoms with E-state index in [0.717, 1.165) is 39.8 Å². The average Bonchev–Trinajstić information content (AvgIpc) is 3.56. The van der Waals surface area contributed by atoms with E-state index in [-0.39, 0.29) is 31.1 Å². The topological polar surface area (TPSA) is 209 Å². The number of carbonyl (C=O) groups excluding carboxylic acids is 7. The number of amides is 5. The molecular formula is C37H47N5O10S. The van der Waals surface area contributed by atoms with Gasteiger partial charge in [-0.2, -0.15) is 0 Å². The predicted octanol–water partition coefficient (Wildman–Crippen LogP) is 1.74. The number of ether oxygens (including phenoxy) is 1. The standard InChI is InChI=1S/C37H47N5O10S/c1-5-53-35(31(46)34(49)38-18-29(44)45)40-32(47)27-17-26(52-37(51)41-15-14-23-11-8-9-13-25(23)19-41)20-42(27)36(50)30(21(2)3)39-33(48)28(43)16-24-12-7-6-10-22(24)4/h6-9,11-13,21-22,26-27,30,35H,5,10,14-20H2,1-4H3,(H,38,49)(H,39,48)(H,40,47)(H,44,45)/t22?,26-,27+,30+,35?/m1/s1. The second-order valence-corrected chi connectivity index (χ2v) is 15.0. The number of rotatable bonds is 15. The number of allylic oxidation sites excluding steroid dienone is 4. The van der Waals surface area contributed by atoms with Crippen molar-refractivity contribution >= 4 is 59.0 Å². The van der Waals surface area contributed by atoms with Crippen LogP contribution >= 0.6 is 11.8 Å². The number of thioether (sulfide) groups is 1. The van der Waals surface area contributed by atoms with Gasteiger partial charge in [-0.3, -0.25) is 33.6 Å². The van der Waals surface area contributed by atoms with E-state index in [2.05, 4.69) is 10.6 Å². The number of nitrogens with one attached hydrogen (secondary N) is 3. The number of carbonyl (C=O) groups is 8. The molecule has 0 saturated carbocycles. The van der Waals surface area contributed by atoms with Crippen LogP contribution in [-0.4, -0.2) is 111 Å². The summed E-state index contributed by atoms with van der Waals surface area (Å²) in [6.45, 7) is 6.66. The maximum absolute atomic E-state index is 14.2. The number of likely N-dealkylation sites (tertiary alicyclic amines) is 1. The van der Waals surface area contributed by atoms with E-state index in [0.29, 0.717) is 19.5 Å². The molecule has 15 nitrogen and oxygen atoms in total. The second kappa shape index (κ2) is 18.7. The molecule has 2 unspecified atom stereocenters. The quantitative estimate of drug-likeness (QED) is 0.150. The van der Waals surface area contributed by atoms with Crippen LogP contribution in [0.3, 0.4) is 0 Å². The number of nitrogens with zero attached hydrogens (tertiary/aromatic N) is 2. The highest BCUT2D eigenvalue weighted by molar-refractivity contribution is 8.00. The minimum absolute atomic E-state index is 0.0762. The number of ketones is 2. The monoisotopic (exact) mass is 753 g/mol. The number of benzene rings is 1. The summed E-state index contributed by atoms with van der Waals surface area (Å²) in [6, 6.07) is 5.19. The van der Waals surface area contributed by atoms with Crippen molar-refractivity contribution in [3.63, 3.8) is 0 Å². The van der Waals surface area contributed by atoms with Crippen LogP contribution in [-0.2, 0) is 51.3 Å². The molecule has 0 radical (unpaired) electrons. The van der Waals surface area contributed by atoms with E-state index < -0.39 is 83.3 Å². The van der Waals surface area contributed by atoms with E-state index >= 15 is 0 Å². The number of carboxylic acid groups (broad SMARTS) is 1. The number of Topliss-reactive ketones (excluding diaryl/α,β-unsaturated/α-hetero) is 2. The molecule has 1 aromatic rings. The molecule has 1 aliphatic carbocycles. The molecule has 1 saturated heterocycles. The first-order chi connectivity index (χ1) is 25.2. The number of fused-ring (bicyclic) bond motifs is 1. The molecule has 1 aromatic carbocycles. The Hall–Kier alpha value is -4.99. The molecule has 0 spiro atoms. The van der Waals surface area contributed by atoms with Crippen LogP contribution in [0.5, 0.6) is 0 Å². The zero-order valence-corrected chi connectivity index (χ0v) is 31.1. The van der Waals surface area contributed by atoms with Crippen molar-refractivity contribution in [1.82, 2.24) is 25.8 Å². The average molecular weight is 754 g/mol. The lowest BCUT2D eigenvalue weighted by molar-refractivity contribution is -0.145. The third-order valence-electron chi connectivity index (χ3n) is 9.38. The summed E-state index contributed by atoms with van der Waals surface area (Å²) in [4.78, 5) is 107. The first-order valence-corrected chi connectivity index (χ1v) is 18.7. The highest BCUT2D eigenvalue weighted by Crippen LogP contribution is 2.27. The third-order valence-corrected chi connectivity index (χ3v) is 10.4.